The second kappa shape index (κ2) is 11.0. The number of likely N-dealkylation sites (tertiary alicyclic amines) is 1. The highest BCUT2D eigenvalue weighted by Crippen LogP contribution is 2.24. The highest BCUT2D eigenvalue weighted by Gasteiger charge is 2.14. The van der Waals surface area contributed by atoms with E-state index < -0.39 is 0 Å². The summed E-state index contributed by atoms with van der Waals surface area (Å²) in [6.07, 6.45) is 5.87. The van der Waals surface area contributed by atoms with Crippen molar-refractivity contribution in [3.8, 4) is 11.5 Å². The van der Waals surface area contributed by atoms with Gasteiger partial charge < -0.3 is 14.4 Å². The molecule has 0 unspecified atom stereocenters. The van der Waals surface area contributed by atoms with E-state index in [2.05, 4.69) is 51.2 Å². The molecule has 1 aliphatic rings. The second-order valence-electron chi connectivity index (χ2n) is 8.40. The Balaban J connectivity index is 1.59. The minimum atomic E-state index is 0.779. The summed E-state index contributed by atoms with van der Waals surface area (Å²) < 4.78 is 10.9. The average Bonchev–Trinajstić information content (AvgIpc) is 2.85. The Bertz CT molecular complexity index is 952. The molecule has 0 N–H and O–H groups in total. The molecule has 0 amide bonds. The highest BCUT2D eigenvalue weighted by molar-refractivity contribution is 5.49. The van der Waals surface area contributed by atoms with Crippen molar-refractivity contribution in [3.63, 3.8) is 0 Å². The number of nitrogens with zero attached hydrogens (tertiary/aromatic N) is 3. The topological polar surface area (TPSA) is 37.8 Å². The number of hydrogen-bond donors (Lipinski definition) is 0. The molecule has 0 atom stereocenters. The summed E-state index contributed by atoms with van der Waals surface area (Å²) in [6, 6.07) is 20.9. The van der Waals surface area contributed by atoms with Gasteiger partial charge in [0.05, 0.1) is 19.9 Å². The third-order valence-electron chi connectivity index (χ3n) is 6.01. The molecule has 0 saturated carbocycles. The van der Waals surface area contributed by atoms with Crippen molar-refractivity contribution in [1.29, 1.82) is 0 Å². The minimum Gasteiger partial charge on any atom is -0.497 e. The first-order valence-electron chi connectivity index (χ1n) is 11.4. The Morgan fingerprint density at radius 2 is 1.44 bits per heavy atom. The standard InChI is InChI=1S/C27H33N3O2/c1-31-26-10-6-8-22(16-26)19-30(20-23-9-7-11-27(17-23)32-2)25-12-13-28-24(18-25)21-29-14-4-3-5-15-29/h6-13,16-18H,3-5,14-15,19-21H2,1-2H3. The van der Waals surface area contributed by atoms with E-state index >= 15 is 0 Å². The molecule has 0 spiro atoms. The number of piperidine rings is 1. The normalized spacial score (nSPS) is 14.2. The Labute approximate surface area is 191 Å². The monoisotopic (exact) mass is 431 g/mol. The van der Waals surface area contributed by atoms with Crippen molar-refractivity contribution in [2.45, 2.75) is 38.9 Å². The maximum atomic E-state index is 5.44. The molecular weight excluding hydrogens is 398 g/mol. The maximum Gasteiger partial charge on any atom is 0.119 e. The fourth-order valence-electron chi connectivity index (χ4n) is 4.32. The van der Waals surface area contributed by atoms with Crippen LogP contribution in [0.1, 0.15) is 36.1 Å². The van der Waals surface area contributed by atoms with Gasteiger partial charge in [-0.1, -0.05) is 30.7 Å². The second-order valence-corrected chi connectivity index (χ2v) is 8.40. The van der Waals surface area contributed by atoms with Gasteiger partial charge in [-0.05, 0) is 73.5 Å². The summed E-state index contributed by atoms with van der Waals surface area (Å²) in [6.45, 7) is 4.82. The van der Waals surface area contributed by atoms with E-state index in [1.54, 1.807) is 14.2 Å². The van der Waals surface area contributed by atoms with Gasteiger partial charge >= 0.3 is 0 Å². The number of anilines is 1. The largest absolute Gasteiger partial charge is 0.497 e. The molecule has 5 nitrogen and oxygen atoms in total. The molecule has 168 valence electrons. The fraction of sp³-hybridized carbons (Fsp3) is 0.370. The molecular formula is C27H33N3O2. The van der Waals surface area contributed by atoms with Gasteiger partial charge in [0, 0.05) is 31.5 Å². The molecule has 3 aromatic rings. The average molecular weight is 432 g/mol. The van der Waals surface area contributed by atoms with Gasteiger partial charge in [0.25, 0.3) is 0 Å². The summed E-state index contributed by atoms with van der Waals surface area (Å²) in [5.74, 6) is 1.76. The molecule has 0 bridgehead atoms. The van der Waals surface area contributed by atoms with E-state index in [0.717, 1.165) is 36.8 Å². The van der Waals surface area contributed by atoms with E-state index in [0.29, 0.717) is 0 Å². The molecule has 4 rings (SSSR count). The summed E-state index contributed by atoms with van der Waals surface area (Å²) in [4.78, 5) is 9.59. The van der Waals surface area contributed by atoms with Gasteiger partial charge in [0.1, 0.15) is 11.5 Å². The first kappa shape index (κ1) is 22.2. The van der Waals surface area contributed by atoms with Crippen LogP contribution in [0.5, 0.6) is 11.5 Å². The van der Waals surface area contributed by atoms with E-state index in [-0.39, 0.29) is 0 Å². The lowest BCUT2D eigenvalue weighted by Gasteiger charge is -2.28. The molecule has 0 radical (unpaired) electrons. The van der Waals surface area contributed by atoms with E-state index in [1.807, 2.05) is 30.5 Å². The number of ether oxygens (including phenoxy) is 2. The van der Waals surface area contributed by atoms with Crippen LogP contribution in [0.3, 0.4) is 0 Å². The van der Waals surface area contributed by atoms with Crippen LogP contribution in [0.2, 0.25) is 0 Å². The molecule has 1 fully saturated rings. The predicted molar refractivity (Wildman–Crippen MR) is 129 cm³/mol. The van der Waals surface area contributed by atoms with Gasteiger partial charge in [-0.15, -0.1) is 0 Å². The first-order valence-corrected chi connectivity index (χ1v) is 11.4. The molecule has 1 saturated heterocycles. The lowest BCUT2D eigenvalue weighted by molar-refractivity contribution is 0.218. The third-order valence-corrected chi connectivity index (χ3v) is 6.01. The third kappa shape index (κ3) is 6.01. The predicted octanol–water partition coefficient (Wildman–Crippen LogP) is 5.29. The fourth-order valence-corrected chi connectivity index (χ4v) is 4.32. The van der Waals surface area contributed by atoms with Crippen LogP contribution >= 0.6 is 0 Å². The maximum absolute atomic E-state index is 5.44. The van der Waals surface area contributed by atoms with Crippen molar-refractivity contribution in [1.82, 2.24) is 9.88 Å². The molecule has 0 aliphatic carbocycles. The van der Waals surface area contributed by atoms with Crippen molar-refractivity contribution in [2.24, 2.45) is 0 Å². The summed E-state index contributed by atoms with van der Waals surface area (Å²) in [5, 5.41) is 0. The van der Waals surface area contributed by atoms with Crippen molar-refractivity contribution >= 4 is 5.69 Å². The van der Waals surface area contributed by atoms with Gasteiger partial charge in [0.2, 0.25) is 0 Å². The summed E-state index contributed by atoms with van der Waals surface area (Å²) in [5.41, 5.74) is 4.73. The molecule has 1 aromatic heterocycles. The summed E-state index contributed by atoms with van der Waals surface area (Å²) in [7, 11) is 3.42. The van der Waals surface area contributed by atoms with Crippen LogP contribution in [-0.4, -0.2) is 37.2 Å². The van der Waals surface area contributed by atoms with Gasteiger partial charge in [-0.25, -0.2) is 0 Å². The van der Waals surface area contributed by atoms with E-state index in [4.69, 9.17) is 9.47 Å². The van der Waals surface area contributed by atoms with Crippen LogP contribution in [0, 0.1) is 0 Å². The number of aromatic nitrogens is 1. The number of pyridine rings is 1. The number of benzene rings is 2. The lowest BCUT2D eigenvalue weighted by Crippen LogP contribution is -2.29. The smallest absolute Gasteiger partial charge is 0.119 e. The Hall–Kier alpha value is -3.05. The Morgan fingerprint density at radius 1 is 0.812 bits per heavy atom. The van der Waals surface area contributed by atoms with Crippen LogP contribution in [0.25, 0.3) is 0 Å². The first-order chi connectivity index (χ1) is 15.7. The van der Waals surface area contributed by atoms with Crippen molar-refractivity contribution in [3.05, 3.63) is 83.7 Å². The zero-order chi connectivity index (χ0) is 22.2. The zero-order valence-electron chi connectivity index (χ0n) is 19.2. The van der Waals surface area contributed by atoms with Crippen LogP contribution < -0.4 is 14.4 Å². The number of rotatable bonds is 9. The lowest BCUT2D eigenvalue weighted by atomic mass is 10.1. The van der Waals surface area contributed by atoms with Gasteiger partial charge in [-0.3, -0.25) is 9.88 Å². The Kier molecular flexibility index (Phi) is 7.62. The molecule has 2 heterocycles. The SMILES string of the molecule is COc1cccc(CN(Cc2cccc(OC)c2)c2ccnc(CN3CCCCC3)c2)c1. The molecule has 32 heavy (non-hydrogen) atoms. The van der Waals surface area contributed by atoms with Crippen molar-refractivity contribution in [2.75, 3.05) is 32.2 Å². The minimum absolute atomic E-state index is 0.779. The zero-order valence-corrected chi connectivity index (χ0v) is 19.2. The molecule has 1 aliphatic heterocycles. The van der Waals surface area contributed by atoms with Crippen LogP contribution in [-0.2, 0) is 19.6 Å². The highest BCUT2D eigenvalue weighted by atomic mass is 16.5. The molecule has 2 aromatic carbocycles. The number of methoxy groups -OCH3 is 2. The van der Waals surface area contributed by atoms with Crippen molar-refractivity contribution < 1.29 is 9.47 Å². The van der Waals surface area contributed by atoms with Crippen LogP contribution in [0.15, 0.2) is 66.9 Å². The summed E-state index contributed by atoms with van der Waals surface area (Å²) >= 11 is 0. The van der Waals surface area contributed by atoms with E-state index in [1.165, 1.54) is 49.2 Å². The number of hydrogen-bond acceptors (Lipinski definition) is 5. The van der Waals surface area contributed by atoms with Crippen LogP contribution in [0.4, 0.5) is 5.69 Å². The van der Waals surface area contributed by atoms with Gasteiger partial charge in [0.15, 0.2) is 0 Å². The van der Waals surface area contributed by atoms with E-state index in [9.17, 15) is 0 Å². The molecule has 5 heteroatoms. The Morgan fingerprint density at radius 3 is 2.03 bits per heavy atom. The van der Waals surface area contributed by atoms with Gasteiger partial charge in [-0.2, -0.15) is 0 Å². The quantitative estimate of drug-likeness (QED) is 0.460.